The molecule has 6 heteroatoms. The molecule has 0 radical (unpaired) electrons. The highest BCUT2D eigenvalue weighted by molar-refractivity contribution is 6.02. The summed E-state index contributed by atoms with van der Waals surface area (Å²) in [6, 6.07) is 15.6. The van der Waals surface area contributed by atoms with Crippen LogP contribution in [0.15, 0.2) is 59.6 Å². The van der Waals surface area contributed by atoms with Crippen molar-refractivity contribution in [1.29, 1.82) is 0 Å². The van der Waals surface area contributed by atoms with Gasteiger partial charge < -0.3 is 4.90 Å². The molecule has 0 aliphatic carbocycles. The van der Waals surface area contributed by atoms with Gasteiger partial charge in [-0.3, -0.25) is 4.99 Å². The first-order valence-corrected chi connectivity index (χ1v) is 9.15. The minimum absolute atomic E-state index is 0.00197. The Bertz CT molecular complexity index is 991. The molecule has 0 spiro atoms. The monoisotopic (exact) mass is 378 g/mol. The Morgan fingerprint density at radius 1 is 0.893 bits per heavy atom. The van der Waals surface area contributed by atoms with Crippen molar-refractivity contribution in [1.82, 2.24) is 10.2 Å². The summed E-state index contributed by atoms with van der Waals surface area (Å²) in [6.45, 7) is 0. The van der Waals surface area contributed by atoms with Crippen LogP contribution in [0.2, 0.25) is 0 Å². The zero-order chi connectivity index (χ0) is 19.7. The highest BCUT2D eigenvalue weighted by Crippen LogP contribution is 2.33. The van der Waals surface area contributed by atoms with Crippen molar-refractivity contribution in [3.63, 3.8) is 0 Å². The van der Waals surface area contributed by atoms with E-state index in [0.29, 0.717) is 12.1 Å². The number of nitrogens with zero attached hydrogens (tertiary/aromatic N) is 4. The van der Waals surface area contributed by atoms with E-state index in [2.05, 4.69) is 15.2 Å². The van der Waals surface area contributed by atoms with E-state index in [1.54, 1.807) is 0 Å². The molecular formula is C22H20F2N4. The van der Waals surface area contributed by atoms with Crippen LogP contribution in [-0.2, 0) is 0 Å². The number of aromatic nitrogens is 2. The van der Waals surface area contributed by atoms with Crippen LogP contribution in [0.3, 0.4) is 0 Å². The van der Waals surface area contributed by atoms with Gasteiger partial charge in [0.1, 0.15) is 11.6 Å². The summed E-state index contributed by atoms with van der Waals surface area (Å²) < 4.78 is 28.0. The number of benzene rings is 2. The summed E-state index contributed by atoms with van der Waals surface area (Å²) in [4.78, 5) is 6.48. The molecule has 0 bridgehead atoms. The van der Waals surface area contributed by atoms with Crippen LogP contribution in [0.4, 0.5) is 14.6 Å². The Hall–Kier alpha value is -3.15. The third-order valence-corrected chi connectivity index (χ3v) is 4.92. The first kappa shape index (κ1) is 18.2. The van der Waals surface area contributed by atoms with E-state index in [1.165, 1.54) is 18.2 Å². The van der Waals surface area contributed by atoms with Crippen LogP contribution in [-0.4, -0.2) is 30.0 Å². The minimum Gasteiger partial charge on any atom is -0.361 e. The fourth-order valence-corrected chi connectivity index (χ4v) is 3.39. The SMILES string of the molecule is CN(C)c1ccc(-c2ccc(C3CCC(c4c(F)cccc4F)=N3)cc2)nn1. The quantitative estimate of drug-likeness (QED) is 0.654. The molecule has 4 nitrogen and oxygen atoms in total. The van der Waals surface area contributed by atoms with Crippen LogP contribution in [0.1, 0.15) is 30.0 Å². The largest absolute Gasteiger partial charge is 0.361 e. The summed E-state index contributed by atoms with van der Waals surface area (Å²) >= 11 is 0. The zero-order valence-electron chi connectivity index (χ0n) is 15.7. The van der Waals surface area contributed by atoms with E-state index in [-0.39, 0.29) is 11.6 Å². The van der Waals surface area contributed by atoms with Gasteiger partial charge >= 0.3 is 0 Å². The molecule has 0 fully saturated rings. The van der Waals surface area contributed by atoms with Crippen LogP contribution in [0.5, 0.6) is 0 Å². The average Bonchev–Trinajstić information content (AvgIpc) is 3.18. The van der Waals surface area contributed by atoms with Crippen molar-refractivity contribution < 1.29 is 8.78 Å². The van der Waals surface area contributed by atoms with E-state index >= 15 is 0 Å². The second-order valence-corrected chi connectivity index (χ2v) is 7.02. The molecule has 142 valence electrons. The molecule has 3 aromatic rings. The molecule has 0 N–H and O–H groups in total. The van der Waals surface area contributed by atoms with E-state index in [0.717, 1.165) is 29.1 Å². The molecule has 0 amide bonds. The standard InChI is InChI=1S/C22H20F2N4/c1-28(2)21-13-12-19(26-27-21)15-8-6-14(7-9-15)18-10-11-20(25-18)22-16(23)4-3-5-17(22)24/h3-9,12-13,18H,10-11H2,1-2H3. The number of hydrogen-bond donors (Lipinski definition) is 0. The Balaban J connectivity index is 1.55. The van der Waals surface area contributed by atoms with Crippen LogP contribution >= 0.6 is 0 Å². The molecule has 1 atom stereocenters. The molecule has 0 saturated carbocycles. The van der Waals surface area contributed by atoms with Gasteiger partial charge in [-0.15, -0.1) is 10.2 Å². The lowest BCUT2D eigenvalue weighted by Gasteiger charge is -2.11. The summed E-state index contributed by atoms with van der Waals surface area (Å²) in [6.07, 6.45) is 1.29. The Labute approximate surface area is 162 Å². The topological polar surface area (TPSA) is 41.4 Å². The predicted octanol–water partition coefficient (Wildman–Crippen LogP) is 4.81. The smallest absolute Gasteiger partial charge is 0.150 e. The number of halogens is 2. The highest BCUT2D eigenvalue weighted by Gasteiger charge is 2.24. The van der Waals surface area contributed by atoms with E-state index in [4.69, 9.17) is 0 Å². The Kier molecular flexibility index (Phi) is 4.86. The van der Waals surface area contributed by atoms with Gasteiger partial charge in [-0.05, 0) is 42.7 Å². The van der Waals surface area contributed by atoms with Gasteiger partial charge in [0.15, 0.2) is 5.82 Å². The Morgan fingerprint density at radius 3 is 2.21 bits per heavy atom. The molecule has 1 aromatic heterocycles. The van der Waals surface area contributed by atoms with Gasteiger partial charge in [0.2, 0.25) is 0 Å². The molecular weight excluding hydrogens is 358 g/mol. The number of rotatable bonds is 4. The lowest BCUT2D eigenvalue weighted by Crippen LogP contribution is -2.11. The maximum Gasteiger partial charge on any atom is 0.150 e. The van der Waals surface area contributed by atoms with Crippen molar-refractivity contribution >= 4 is 11.5 Å². The number of anilines is 1. The van der Waals surface area contributed by atoms with E-state index in [9.17, 15) is 8.78 Å². The van der Waals surface area contributed by atoms with Crippen molar-refractivity contribution in [3.05, 3.63) is 77.4 Å². The predicted molar refractivity (Wildman–Crippen MR) is 107 cm³/mol. The van der Waals surface area contributed by atoms with Crippen LogP contribution in [0, 0.1) is 11.6 Å². The second-order valence-electron chi connectivity index (χ2n) is 7.02. The van der Waals surface area contributed by atoms with Crippen LogP contribution in [0.25, 0.3) is 11.3 Å². The van der Waals surface area contributed by atoms with E-state index < -0.39 is 11.6 Å². The van der Waals surface area contributed by atoms with Crippen molar-refractivity contribution in [2.75, 3.05) is 19.0 Å². The molecule has 1 unspecified atom stereocenters. The second kappa shape index (κ2) is 7.46. The molecule has 28 heavy (non-hydrogen) atoms. The normalized spacial score (nSPS) is 16.1. The molecule has 0 saturated heterocycles. The first-order chi connectivity index (χ1) is 13.5. The average molecular weight is 378 g/mol. The van der Waals surface area contributed by atoms with E-state index in [1.807, 2.05) is 55.4 Å². The molecule has 1 aliphatic rings. The highest BCUT2D eigenvalue weighted by atomic mass is 19.1. The third-order valence-electron chi connectivity index (χ3n) is 4.92. The fourth-order valence-electron chi connectivity index (χ4n) is 3.39. The van der Waals surface area contributed by atoms with Crippen LogP contribution < -0.4 is 4.90 Å². The fraction of sp³-hybridized carbons (Fsp3) is 0.227. The summed E-state index contributed by atoms with van der Waals surface area (Å²) in [5, 5.41) is 8.46. The third kappa shape index (κ3) is 3.50. The number of hydrogen-bond acceptors (Lipinski definition) is 4. The Morgan fingerprint density at radius 2 is 1.61 bits per heavy atom. The molecule has 2 heterocycles. The van der Waals surface area contributed by atoms with Gasteiger partial charge in [-0.2, -0.15) is 0 Å². The zero-order valence-corrected chi connectivity index (χ0v) is 15.7. The molecule has 4 rings (SSSR count). The van der Waals surface area contributed by atoms with Gasteiger partial charge in [-0.25, -0.2) is 8.78 Å². The molecule has 1 aliphatic heterocycles. The van der Waals surface area contributed by atoms with Crippen molar-refractivity contribution in [3.8, 4) is 11.3 Å². The molecule has 2 aromatic carbocycles. The van der Waals surface area contributed by atoms with Gasteiger partial charge in [0.05, 0.1) is 17.3 Å². The van der Waals surface area contributed by atoms with Gasteiger partial charge in [0, 0.05) is 25.4 Å². The summed E-state index contributed by atoms with van der Waals surface area (Å²) in [5.74, 6) is -0.322. The maximum absolute atomic E-state index is 14.0. The summed E-state index contributed by atoms with van der Waals surface area (Å²) in [7, 11) is 3.84. The minimum atomic E-state index is -0.561. The maximum atomic E-state index is 14.0. The number of aliphatic imine (C=N–C) groups is 1. The van der Waals surface area contributed by atoms with Gasteiger partial charge in [-0.1, -0.05) is 30.3 Å². The van der Waals surface area contributed by atoms with Crippen molar-refractivity contribution in [2.24, 2.45) is 4.99 Å². The lowest BCUT2D eigenvalue weighted by molar-refractivity contribution is 0.578. The van der Waals surface area contributed by atoms with Crippen molar-refractivity contribution in [2.45, 2.75) is 18.9 Å². The summed E-state index contributed by atoms with van der Waals surface area (Å²) in [5.41, 5.74) is 3.27. The lowest BCUT2D eigenvalue weighted by atomic mass is 10.0. The first-order valence-electron chi connectivity index (χ1n) is 9.15. The van der Waals surface area contributed by atoms with Gasteiger partial charge in [0.25, 0.3) is 0 Å².